The molecule has 1 amide bonds. The van der Waals surface area contributed by atoms with Crippen LogP contribution in [0.5, 0.6) is 17.2 Å². The minimum Gasteiger partial charge on any atom is -0.484 e. The summed E-state index contributed by atoms with van der Waals surface area (Å²) in [5, 5.41) is 3.96. The lowest BCUT2D eigenvalue weighted by Crippen LogP contribution is -2.24. The zero-order valence-electron chi connectivity index (χ0n) is 15.0. The fourth-order valence-corrected chi connectivity index (χ4v) is 2.28. The number of nitrogens with zero attached hydrogens (tertiary/aromatic N) is 1. The van der Waals surface area contributed by atoms with E-state index in [1.54, 1.807) is 6.21 Å². The number of hydrogen-bond donors (Lipinski definition) is 1. The molecule has 136 valence electrons. The summed E-state index contributed by atoms with van der Waals surface area (Å²) < 4.78 is 11.2. The standard InChI is InChI=1S/C22H20N2O3/c1-17-10-12-19(13-11-17)26-16-22(25)24-23-15-18-6-5-9-21(14-18)27-20-7-3-2-4-8-20/h2-15H,16H2,1H3,(H,24,25)/b23-15+. The molecule has 1 N–H and O–H groups in total. The van der Waals surface area contributed by atoms with Gasteiger partial charge in [0.25, 0.3) is 5.91 Å². The van der Waals surface area contributed by atoms with E-state index in [1.165, 1.54) is 0 Å². The lowest BCUT2D eigenvalue weighted by Gasteiger charge is -2.06. The first-order valence-electron chi connectivity index (χ1n) is 8.53. The number of benzene rings is 3. The normalized spacial score (nSPS) is 10.6. The minimum absolute atomic E-state index is 0.0996. The Morgan fingerprint density at radius 1 is 0.926 bits per heavy atom. The molecule has 0 aliphatic heterocycles. The van der Waals surface area contributed by atoms with Crippen molar-refractivity contribution in [1.82, 2.24) is 5.43 Å². The second-order valence-electron chi connectivity index (χ2n) is 5.88. The Morgan fingerprint density at radius 3 is 2.44 bits per heavy atom. The first-order valence-corrected chi connectivity index (χ1v) is 8.53. The molecule has 3 aromatic carbocycles. The van der Waals surface area contributed by atoms with Crippen molar-refractivity contribution in [2.75, 3.05) is 6.61 Å². The third kappa shape index (κ3) is 6.01. The van der Waals surface area contributed by atoms with Gasteiger partial charge in [-0.1, -0.05) is 48.0 Å². The topological polar surface area (TPSA) is 59.9 Å². The maximum absolute atomic E-state index is 11.8. The number of carbonyl (C=O) groups is 1. The minimum atomic E-state index is -0.330. The summed E-state index contributed by atoms with van der Waals surface area (Å²) in [7, 11) is 0. The van der Waals surface area contributed by atoms with Crippen LogP contribution in [0, 0.1) is 6.92 Å². The average molecular weight is 360 g/mol. The molecule has 0 radical (unpaired) electrons. The Balaban J connectivity index is 1.49. The van der Waals surface area contributed by atoms with Crippen LogP contribution in [0.2, 0.25) is 0 Å². The van der Waals surface area contributed by atoms with Crippen LogP contribution in [0.25, 0.3) is 0 Å². The Kier molecular flexibility index (Phi) is 6.20. The average Bonchev–Trinajstić information content (AvgIpc) is 2.69. The highest BCUT2D eigenvalue weighted by molar-refractivity contribution is 5.83. The van der Waals surface area contributed by atoms with E-state index in [0.29, 0.717) is 11.5 Å². The molecule has 0 bridgehead atoms. The predicted octanol–water partition coefficient (Wildman–Crippen LogP) is 4.32. The number of amides is 1. The zero-order valence-corrected chi connectivity index (χ0v) is 15.0. The smallest absolute Gasteiger partial charge is 0.277 e. The Bertz CT molecular complexity index is 906. The number of ether oxygens (including phenoxy) is 2. The molecule has 0 saturated carbocycles. The lowest BCUT2D eigenvalue weighted by atomic mass is 10.2. The van der Waals surface area contributed by atoms with E-state index >= 15 is 0 Å². The van der Waals surface area contributed by atoms with Crippen molar-refractivity contribution in [3.8, 4) is 17.2 Å². The third-order valence-corrected chi connectivity index (χ3v) is 3.63. The highest BCUT2D eigenvalue weighted by Gasteiger charge is 2.01. The van der Waals surface area contributed by atoms with Crippen LogP contribution in [0.3, 0.4) is 0 Å². The molecule has 0 saturated heterocycles. The molecule has 0 aromatic heterocycles. The van der Waals surface area contributed by atoms with E-state index in [9.17, 15) is 4.79 Å². The van der Waals surface area contributed by atoms with E-state index in [0.717, 1.165) is 16.9 Å². The van der Waals surface area contributed by atoms with Crippen LogP contribution in [0.15, 0.2) is 84.0 Å². The van der Waals surface area contributed by atoms with Crippen molar-refractivity contribution >= 4 is 12.1 Å². The number of para-hydroxylation sites is 1. The largest absolute Gasteiger partial charge is 0.484 e. The van der Waals surface area contributed by atoms with E-state index in [4.69, 9.17) is 9.47 Å². The van der Waals surface area contributed by atoms with Gasteiger partial charge in [0.15, 0.2) is 6.61 Å². The molecule has 0 spiro atoms. The zero-order chi connectivity index (χ0) is 18.9. The van der Waals surface area contributed by atoms with Gasteiger partial charge in [0.2, 0.25) is 0 Å². The number of hydrogen-bond acceptors (Lipinski definition) is 4. The maximum atomic E-state index is 11.8. The monoisotopic (exact) mass is 360 g/mol. The molecule has 3 rings (SSSR count). The van der Waals surface area contributed by atoms with Crippen molar-refractivity contribution in [1.29, 1.82) is 0 Å². The number of hydrazone groups is 1. The van der Waals surface area contributed by atoms with E-state index in [1.807, 2.05) is 85.8 Å². The van der Waals surface area contributed by atoms with Crippen molar-refractivity contribution in [2.24, 2.45) is 5.10 Å². The molecule has 0 unspecified atom stereocenters. The summed E-state index contributed by atoms with van der Waals surface area (Å²) in [6.07, 6.45) is 1.56. The Hall–Kier alpha value is -3.60. The van der Waals surface area contributed by atoms with Gasteiger partial charge in [0, 0.05) is 0 Å². The van der Waals surface area contributed by atoms with Gasteiger partial charge in [-0.3, -0.25) is 4.79 Å². The van der Waals surface area contributed by atoms with Crippen molar-refractivity contribution in [3.05, 3.63) is 90.0 Å². The summed E-state index contributed by atoms with van der Waals surface area (Å²) in [5.41, 5.74) is 4.39. The number of carbonyl (C=O) groups excluding carboxylic acids is 1. The molecule has 3 aromatic rings. The van der Waals surface area contributed by atoms with Crippen LogP contribution >= 0.6 is 0 Å². The van der Waals surface area contributed by atoms with Crippen molar-refractivity contribution in [2.45, 2.75) is 6.92 Å². The highest BCUT2D eigenvalue weighted by atomic mass is 16.5. The van der Waals surface area contributed by atoms with Gasteiger partial charge < -0.3 is 9.47 Å². The second-order valence-corrected chi connectivity index (χ2v) is 5.88. The first-order chi connectivity index (χ1) is 13.2. The number of nitrogens with one attached hydrogen (secondary N) is 1. The second kappa shape index (κ2) is 9.20. The number of rotatable bonds is 7. The summed E-state index contributed by atoms with van der Waals surface area (Å²) in [6, 6.07) is 24.5. The van der Waals surface area contributed by atoms with Gasteiger partial charge in [0.05, 0.1) is 6.21 Å². The molecule has 0 heterocycles. The first kappa shape index (κ1) is 18.2. The van der Waals surface area contributed by atoms with Crippen LogP contribution in [0.4, 0.5) is 0 Å². The molecular weight excluding hydrogens is 340 g/mol. The van der Waals surface area contributed by atoms with Gasteiger partial charge in [-0.05, 0) is 48.9 Å². The van der Waals surface area contributed by atoms with Crippen molar-refractivity contribution in [3.63, 3.8) is 0 Å². The molecule has 27 heavy (non-hydrogen) atoms. The third-order valence-electron chi connectivity index (χ3n) is 3.63. The summed E-state index contributed by atoms with van der Waals surface area (Å²) in [4.78, 5) is 11.8. The molecule has 0 aliphatic rings. The SMILES string of the molecule is Cc1ccc(OCC(=O)N/N=C/c2cccc(Oc3ccccc3)c2)cc1. The van der Waals surface area contributed by atoms with Crippen LogP contribution < -0.4 is 14.9 Å². The summed E-state index contributed by atoms with van der Waals surface area (Å²) in [6.45, 7) is 1.89. The maximum Gasteiger partial charge on any atom is 0.277 e. The molecular formula is C22H20N2O3. The lowest BCUT2D eigenvalue weighted by molar-refractivity contribution is -0.123. The molecule has 5 heteroatoms. The summed E-state index contributed by atoms with van der Waals surface area (Å²) >= 11 is 0. The van der Waals surface area contributed by atoms with Crippen LogP contribution in [0.1, 0.15) is 11.1 Å². The van der Waals surface area contributed by atoms with Gasteiger partial charge in [-0.25, -0.2) is 5.43 Å². The van der Waals surface area contributed by atoms with E-state index in [-0.39, 0.29) is 12.5 Å². The molecule has 0 fully saturated rings. The fourth-order valence-electron chi connectivity index (χ4n) is 2.28. The highest BCUT2D eigenvalue weighted by Crippen LogP contribution is 2.21. The quantitative estimate of drug-likeness (QED) is 0.504. The van der Waals surface area contributed by atoms with Crippen molar-refractivity contribution < 1.29 is 14.3 Å². The summed E-state index contributed by atoms with van der Waals surface area (Å²) in [5.74, 6) is 1.77. The fraction of sp³-hybridized carbons (Fsp3) is 0.0909. The molecule has 5 nitrogen and oxygen atoms in total. The van der Waals surface area contributed by atoms with Crippen LogP contribution in [-0.2, 0) is 4.79 Å². The van der Waals surface area contributed by atoms with E-state index < -0.39 is 0 Å². The van der Waals surface area contributed by atoms with Gasteiger partial charge in [-0.15, -0.1) is 0 Å². The van der Waals surface area contributed by atoms with Gasteiger partial charge >= 0.3 is 0 Å². The van der Waals surface area contributed by atoms with Gasteiger partial charge in [-0.2, -0.15) is 5.10 Å². The van der Waals surface area contributed by atoms with Crippen LogP contribution in [-0.4, -0.2) is 18.7 Å². The molecule has 0 aliphatic carbocycles. The predicted molar refractivity (Wildman–Crippen MR) is 105 cm³/mol. The Labute approximate surface area is 158 Å². The number of aryl methyl sites for hydroxylation is 1. The Morgan fingerprint density at radius 2 is 1.67 bits per heavy atom. The molecule has 0 atom stereocenters. The van der Waals surface area contributed by atoms with E-state index in [2.05, 4.69) is 10.5 Å². The van der Waals surface area contributed by atoms with Gasteiger partial charge in [0.1, 0.15) is 17.2 Å².